The maximum Gasteiger partial charge on any atom is 0.307 e. The zero-order valence-electron chi connectivity index (χ0n) is 12.3. The van der Waals surface area contributed by atoms with Crippen molar-refractivity contribution in [3.8, 4) is 0 Å². The number of carbonyl (C=O) groups excluding carboxylic acids is 2. The van der Waals surface area contributed by atoms with Crippen LogP contribution < -0.4 is 5.32 Å². The summed E-state index contributed by atoms with van der Waals surface area (Å²) in [6.45, 7) is 1.69. The van der Waals surface area contributed by atoms with Gasteiger partial charge in [0.1, 0.15) is 5.76 Å². The van der Waals surface area contributed by atoms with E-state index in [1.807, 2.05) is 0 Å². The molecule has 116 valence electrons. The SMILES string of the molecule is COC(=O)CC(NC(=O)c1ccoc1C)c1ccccc1Cl. The van der Waals surface area contributed by atoms with Crippen LogP contribution >= 0.6 is 11.6 Å². The lowest BCUT2D eigenvalue weighted by molar-refractivity contribution is -0.141. The van der Waals surface area contributed by atoms with Crippen molar-refractivity contribution >= 4 is 23.5 Å². The Kier molecular flexibility index (Phi) is 5.22. The number of benzene rings is 1. The van der Waals surface area contributed by atoms with E-state index in [4.69, 9.17) is 16.0 Å². The number of carbonyl (C=O) groups is 2. The molecule has 0 radical (unpaired) electrons. The Labute approximate surface area is 133 Å². The van der Waals surface area contributed by atoms with Crippen molar-refractivity contribution in [3.05, 3.63) is 58.5 Å². The Morgan fingerprint density at radius 3 is 2.64 bits per heavy atom. The predicted molar refractivity (Wildman–Crippen MR) is 81.7 cm³/mol. The minimum Gasteiger partial charge on any atom is -0.469 e. The van der Waals surface area contributed by atoms with Crippen LogP contribution in [0.4, 0.5) is 0 Å². The van der Waals surface area contributed by atoms with E-state index in [1.165, 1.54) is 13.4 Å². The lowest BCUT2D eigenvalue weighted by atomic mass is 10.0. The number of hydrogen-bond donors (Lipinski definition) is 1. The van der Waals surface area contributed by atoms with Gasteiger partial charge in [0.25, 0.3) is 5.91 Å². The number of rotatable bonds is 5. The topological polar surface area (TPSA) is 68.5 Å². The van der Waals surface area contributed by atoms with Crippen LogP contribution in [0.15, 0.2) is 41.0 Å². The fourth-order valence-electron chi connectivity index (χ4n) is 2.10. The third-order valence-corrected chi connectivity index (χ3v) is 3.63. The van der Waals surface area contributed by atoms with Gasteiger partial charge in [0, 0.05) is 5.02 Å². The first-order valence-electron chi connectivity index (χ1n) is 6.69. The molecule has 1 amide bonds. The van der Waals surface area contributed by atoms with Crippen LogP contribution in [0, 0.1) is 6.92 Å². The third-order valence-electron chi connectivity index (χ3n) is 3.29. The number of aryl methyl sites for hydroxylation is 1. The van der Waals surface area contributed by atoms with Gasteiger partial charge in [0.15, 0.2) is 0 Å². The quantitative estimate of drug-likeness (QED) is 0.858. The number of halogens is 1. The molecule has 0 saturated heterocycles. The van der Waals surface area contributed by atoms with E-state index in [1.54, 1.807) is 37.3 Å². The zero-order chi connectivity index (χ0) is 16.1. The summed E-state index contributed by atoms with van der Waals surface area (Å²) >= 11 is 6.16. The van der Waals surface area contributed by atoms with E-state index in [9.17, 15) is 9.59 Å². The highest BCUT2D eigenvalue weighted by Crippen LogP contribution is 2.26. The second kappa shape index (κ2) is 7.13. The van der Waals surface area contributed by atoms with Crippen molar-refractivity contribution in [2.75, 3.05) is 7.11 Å². The molecule has 0 bridgehead atoms. The fourth-order valence-corrected chi connectivity index (χ4v) is 2.37. The summed E-state index contributed by atoms with van der Waals surface area (Å²) in [5.41, 5.74) is 1.07. The van der Waals surface area contributed by atoms with Crippen molar-refractivity contribution in [2.24, 2.45) is 0 Å². The van der Waals surface area contributed by atoms with Gasteiger partial charge in [0.05, 0.1) is 31.4 Å². The van der Waals surface area contributed by atoms with Gasteiger partial charge < -0.3 is 14.5 Å². The van der Waals surface area contributed by atoms with Gasteiger partial charge in [-0.05, 0) is 24.6 Å². The Bertz CT molecular complexity index is 680. The molecule has 6 heteroatoms. The molecule has 0 aliphatic rings. The van der Waals surface area contributed by atoms with Crippen molar-refractivity contribution in [1.82, 2.24) is 5.32 Å². The highest BCUT2D eigenvalue weighted by molar-refractivity contribution is 6.31. The van der Waals surface area contributed by atoms with Gasteiger partial charge in [-0.3, -0.25) is 9.59 Å². The molecule has 0 saturated carbocycles. The van der Waals surface area contributed by atoms with Crippen molar-refractivity contribution in [1.29, 1.82) is 0 Å². The zero-order valence-corrected chi connectivity index (χ0v) is 13.0. The van der Waals surface area contributed by atoms with Gasteiger partial charge in [0.2, 0.25) is 0 Å². The highest BCUT2D eigenvalue weighted by atomic mass is 35.5. The fraction of sp³-hybridized carbons (Fsp3) is 0.250. The molecule has 22 heavy (non-hydrogen) atoms. The van der Waals surface area contributed by atoms with Crippen LogP contribution in [0.1, 0.15) is 34.1 Å². The minimum absolute atomic E-state index is 0.0110. The summed E-state index contributed by atoms with van der Waals surface area (Å²) in [7, 11) is 1.30. The number of nitrogens with one attached hydrogen (secondary N) is 1. The van der Waals surface area contributed by atoms with Crippen molar-refractivity contribution in [3.63, 3.8) is 0 Å². The van der Waals surface area contributed by atoms with Crippen LogP contribution in [-0.2, 0) is 9.53 Å². The number of ether oxygens (including phenoxy) is 1. The smallest absolute Gasteiger partial charge is 0.307 e. The molecule has 2 aromatic rings. The van der Waals surface area contributed by atoms with Crippen LogP contribution in [0.3, 0.4) is 0 Å². The summed E-state index contributed by atoms with van der Waals surface area (Å²) in [6.07, 6.45) is 1.43. The maximum absolute atomic E-state index is 12.3. The standard InChI is InChI=1S/C16H16ClNO4/c1-10-11(7-8-22-10)16(20)18-14(9-15(19)21-2)12-5-3-4-6-13(12)17/h3-8,14H,9H2,1-2H3,(H,18,20). The van der Waals surface area contributed by atoms with Gasteiger partial charge in [-0.15, -0.1) is 0 Å². The first-order chi connectivity index (χ1) is 10.5. The van der Waals surface area contributed by atoms with Crippen LogP contribution in [0.5, 0.6) is 0 Å². The molecule has 0 fully saturated rings. The lowest BCUT2D eigenvalue weighted by Gasteiger charge is -2.19. The normalized spacial score (nSPS) is 11.8. The van der Waals surface area contributed by atoms with E-state index in [2.05, 4.69) is 10.1 Å². The van der Waals surface area contributed by atoms with Crippen LogP contribution in [0.25, 0.3) is 0 Å². The van der Waals surface area contributed by atoms with Crippen LogP contribution in [0.2, 0.25) is 5.02 Å². The van der Waals surface area contributed by atoms with Gasteiger partial charge in [-0.25, -0.2) is 0 Å². The molecule has 1 unspecified atom stereocenters. The van der Waals surface area contributed by atoms with Crippen LogP contribution in [-0.4, -0.2) is 19.0 Å². The first-order valence-corrected chi connectivity index (χ1v) is 7.07. The Morgan fingerprint density at radius 1 is 1.32 bits per heavy atom. The third kappa shape index (κ3) is 3.68. The maximum atomic E-state index is 12.3. The Hall–Kier alpha value is -2.27. The van der Waals surface area contributed by atoms with E-state index < -0.39 is 12.0 Å². The molecule has 1 aromatic carbocycles. The molecule has 1 heterocycles. The van der Waals surface area contributed by atoms with Gasteiger partial charge >= 0.3 is 5.97 Å². The van der Waals surface area contributed by atoms with E-state index in [-0.39, 0.29) is 12.3 Å². The number of amides is 1. The lowest BCUT2D eigenvalue weighted by Crippen LogP contribution is -2.30. The minimum atomic E-state index is -0.581. The first kappa shape index (κ1) is 16.1. The summed E-state index contributed by atoms with van der Waals surface area (Å²) in [5.74, 6) is -0.261. The number of esters is 1. The Morgan fingerprint density at radius 2 is 2.05 bits per heavy atom. The molecular weight excluding hydrogens is 306 g/mol. The molecule has 1 aromatic heterocycles. The second-order valence-electron chi connectivity index (χ2n) is 4.72. The summed E-state index contributed by atoms with van der Waals surface area (Å²) in [6, 6.07) is 8.04. The average molecular weight is 322 g/mol. The monoisotopic (exact) mass is 321 g/mol. The number of hydrogen-bond acceptors (Lipinski definition) is 4. The van der Waals surface area contributed by atoms with Gasteiger partial charge in [-0.1, -0.05) is 29.8 Å². The predicted octanol–water partition coefficient (Wildman–Crippen LogP) is 3.28. The molecule has 0 spiro atoms. The van der Waals surface area contributed by atoms with E-state index >= 15 is 0 Å². The van der Waals surface area contributed by atoms with Crippen molar-refractivity contribution < 1.29 is 18.7 Å². The summed E-state index contributed by atoms with van der Waals surface area (Å²) in [5, 5.41) is 3.27. The summed E-state index contributed by atoms with van der Waals surface area (Å²) < 4.78 is 9.81. The molecular formula is C16H16ClNO4. The van der Waals surface area contributed by atoms with Crippen molar-refractivity contribution in [2.45, 2.75) is 19.4 Å². The van der Waals surface area contributed by atoms with E-state index in [0.717, 1.165) is 0 Å². The largest absolute Gasteiger partial charge is 0.469 e. The van der Waals surface area contributed by atoms with Gasteiger partial charge in [-0.2, -0.15) is 0 Å². The average Bonchev–Trinajstić information content (AvgIpc) is 2.93. The second-order valence-corrected chi connectivity index (χ2v) is 5.13. The van der Waals surface area contributed by atoms with E-state index in [0.29, 0.717) is 21.9 Å². The molecule has 2 rings (SSSR count). The molecule has 0 aliphatic carbocycles. The molecule has 0 aliphatic heterocycles. The summed E-state index contributed by atoms with van der Waals surface area (Å²) in [4.78, 5) is 23.9. The highest BCUT2D eigenvalue weighted by Gasteiger charge is 2.22. The molecule has 1 N–H and O–H groups in total. The molecule has 5 nitrogen and oxygen atoms in total. The molecule has 1 atom stereocenters. The number of methoxy groups -OCH3 is 1. The Balaban J connectivity index is 2.25. The number of furan rings is 1.